The van der Waals surface area contributed by atoms with Gasteiger partial charge in [0.25, 0.3) is 0 Å². The van der Waals surface area contributed by atoms with Crippen LogP contribution in [0.4, 0.5) is 24.5 Å². The van der Waals surface area contributed by atoms with Crippen LogP contribution in [0.1, 0.15) is 25.3 Å². The molecule has 1 saturated carbocycles. The van der Waals surface area contributed by atoms with Gasteiger partial charge in [-0.3, -0.25) is 0 Å². The molecule has 1 aromatic carbocycles. The van der Waals surface area contributed by atoms with Gasteiger partial charge in [0.2, 0.25) is 0 Å². The first kappa shape index (κ1) is 12.1. The molecule has 0 bridgehead atoms. The minimum atomic E-state index is -4.34. The summed E-state index contributed by atoms with van der Waals surface area (Å²) in [5.74, 6) is 0.622. The molecule has 1 unspecified atom stereocenters. The minimum Gasteiger partial charge on any atom is -0.397 e. The SMILES string of the molecule is CC(Nc1ccc(C(F)(F)F)cc1N)C1CC1. The van der Waals surface area contributed by atoms with Crippen LogP contribution < -0.4 is 11.1 Å². The van der Waals surface area contributed by atoms with Crippen molar-refractivity contribution in [2.24, 2.45) is 5.92 Å². The molecule has 0 amide bonds. The van der Waals surface area contributed by atoms with E-state index in [-0.39, 0.29) is 11.7 Å². The molecule has 5 heteroatoms. The van der Waals surface area contributed by atoms with E-state index in [0.717, 1.165) is 12.1 Å². The number of nitrogen functional groups attached to an aromatic ring is 1. The van der Waals surface area contributed by atoms with Crippen molar-refractivity contribution in [2.45, 2.75) is 32.0 Å². The van der Waals surface area contributed by atoms with E-state index in [0.29, 0.717) is 11.6 Å². The number of benzene rings is 1. The van der Waals surface area contributed by atoms with Crippen LogP contribution in [0.5, 0.6) is 0 Å². The van der Waals surface area contributed by atoms with Crippen molar-refractivity contribution >= 4 is 11.4 Å². The maximum absolute atomic E-state index is 12.4. The van der Waals surface area contributed by atoms with Gasteiger partial charge in [-0.1, -0.05) is 0 Å². The summed E-state index contributed by atoms with van der Waals surface area (Å²) in [6.07, 6.45) is -1.99. The Labute approximate surface area is 98.0 Å². The summed E-state index contributed by atoms with van der Waals surface area (Å²) in [6.45, 7) is 2.02. The van der Waals surface area contributed by atoms with Gasteiger partial charge in [0.15, 0.2) is 0 Å². The molecule has 0 aliphatic heterocycles. The van der Waals surface area contributed by atoms with E-state index >= 15 is 0 Å². The van der Waals surface area contributed by atoms with Crippen molar-refractivity contribution in [2.75, 3.05) is 11.1 Å². The minimum absolute atomic E-state index is 0.146. The van der Waals surface area contributed by atoms with Gasteiger partial charge in [-0.05, 0) is 43.9 Å². The Bertz CT molecular complexity index is 411. The largest absolute Gasteiger partial charge is 0.416 e. The first-order valence-corrected chi connectivity index (χ1v) is 5.61. The zero-order valence-corrected chi connectivity index (χ0v) is 9.51. The smallest absolute Gasteiger partial charge is 0.397 e. The van der Waals surface area contributed by atoms with Gasteiger partial charge in [-0.15, -0.1) is 0 Å². The number of hydrogen-bond acceptors (Lipinski definition) is 2. The second kappa shape index (κ2) is 4.13. The van der Waals surface area contributed by atoms with Crippen LogP contribution in [-0.2, 0) is 6.18 Å². The van der Waals surface area contributed by atoms with Crippen molar-refractivity contribution in [3.63, 3.8) is 0 Å². The van der Waals surface area contributed by atoms with E-state index in [4.69, 9.17) is 5.73 Å². The highest BCUT2D eigenvalue weighted by Crippen LogP contribution is 2.36. The maximum atomic E-state index is 12.4. The molecule has 1 aliphatic rings. The lowest BCUT2D eigenvalue weighted by Crippen LogP contribution is -2.18. The Hall–Kier alpha value is -1.39. The highest BCUT2D eigenvalue weighted by molar-refractivity contribution is 5.67. The first-order chi connectivity index (χ1) is 7.88. The summed E-state index contributed by atoms with van der Waals surface area (Å²) >= 11 is 0. The van der Waals surface area contributed by atoms with Crippen LogP contribution >= 0.6 is 0 Å². The molecule has 3 N–H and O–H groups in total. The van der Waals surface area contributed by atoms with Crippen LogP contribution in [0.2, 0.25) is 0 Å². The van der Waals surface area contributed by atoms with Gasteiger partial charge >= 0.3 is 6.18 Å². The average Bonchev–Trinajstić information content (AvgIpc) is 3.02. The third-order valence-corrected chi connectivity index (χ3v) is 3.09. The van der Waals surface area contributed by atoms with Crippen molar-refractivity contribution in [3.8, 4) is 0 Å². The van der Waals surface area contributed by atoms with E-state index in [1.54, 1.807) is 0 Å². The highest BCUT2D eigenvalue weighted by Gasteiger charge is 2.31. The highest BCUT2D eigenvalue weighted by atomic mass is 19.4. The van der Waals surface area contributed by atoms with Gasteiger partial charge in [-0.25, -0.2) is 0 Å². The van der Waals surface area contributed by atoms with Crippen molar-refractivity contribution in [1.82, 2.24) is 0 Å². The lowest BCUT2D eigenvalue weighted by molar-refractivity contribution is -0.137. The van der Waals surface area contributed by atoms with Crippen molar-refractivity contribution in [3.05, 3.63) is 23.8 Å². The molecule has 1 aliphatic carbocycles. The van der Waals surface area contributed by atoms with E-state index in [2.05, 4.69) is 5.32 Å². The van der Waals surface area contributed by atoms with E-state index in [9.17, 15) is 13.2 Å². The monoisotopic (exact) mass is 244 g/mol. The first-order valence-electron chi connectivity index (χ1n) is 5.61. The van der Waals surface area contributed by atoms with Gasteiger partial charge in [0.05, 0.1) is 16.9 Å². The van der Waals surface area contributed by atoms with E-state index in [1.807, 2.05) is 6.92 Å². The molecule has 0 heterocycles. The summed E-state index contributed by atoms with van der Waals surface area (Å²) in [6, 6.07) is 3.69. The molecule has 0 radical (unpaired) electrons. The summed E-state index contributed by atoms with van der Waals surface area (Å²) in [4.78, 5) is 0. The Morgan fingerprint density at radius 3 is 2.47 bits per heavy atom. The molecule has 1 atom stereocenters. The molecular weight excluding hydrogens is 229 g/mol. The summed E-state index contributed by atoms with van der Waals surface area (Å²) in [7, 11) is 0. The summed E-state index contributed by atoms with van der Waals surface area (Å²) in [5, 5.41) is 3.16. The number of hydrogen-bond donors (Lipinski definition) is 2. The Morgan fingerprint density at radius 2 is 2.00 bits per heavy atom. The lowest BCUT2D eigenvalue weighted by atomic mass is 10.1. The second-order valence-electron chi connectivity index (χ2n) is 4.57. The van der Waals surface area contributed by atoms with Crippen LogP contribution in [0.3, 0.4) is 0 Å². The van der Waals surface area contributed by atoms with E-state index in [1.165, 1.54) is 18.9 Å². The Balaban J connectivity index is 2.13. The third kappa shape index (κ3) is 2.84. The maximum Gasteiger partial charge on any atom is 0.416 e. The van der Waals surface area contributed by atoms with Crippen LogP contribution in [0.25, 0.3) is 0 Å². The lowest BCUT2D eigenvalue weighted by Gasteiger charge is -2.17. The molecule has 1 aromatic rings. The van der Waals surface area contributed by atoms with Crippen molar-refractivity contribution < 1.29 is 13.2 Å². The quantitative estimate of drug-likeness (QED) is 0.799. The standard InChI is InChI=1S/C12H15F3N2/c1-7(8-2-3-8)17-11-5-4-9(6-10(11)16)12(13,14)15/h4-8,17H,2-3,16H2,1H3. The summed E-state index contributed by atoms with van der Waals surface area (Å²) < 4.78 is 37.3. The van der Waals surface area contributed by atoms with Crippen LogP contribution in [0.15, 0.2) is 18.2 Å². The molecule has 0 saturated heterocycles. The Morgan fingerprint density at radius 1 is 1.35 bits per heavy atom. The molecule has 17 heavy (non-hydrogen) atoms. The number of alkyl halides is 3. The number of nitrogens with one attached hydrogen (secondary N) is 1. The third-order valence-electron chi connectivity index (χ3n) is 3.09. The zero-order valence-electron chi connectivity index (χ0n) is 9.51. The fourth-order valence-electron chi connectivity index (χ4n) is 1.83. The normalized spacial score (nSPS) is 17.9. The van der Waals surface area contributed by atoms with Gasteiger partial charge in [0.1, 0.15) is 0 Å². The number of rotatable bonds is 3. The second-order valence-corrected chi connectivity index (χ2v) is 4.57. The van der Waals surface area contributed by atoms with Gasteiger partial charge in [0, 0.05) is 6.04 Å². The van der Waals surface area contributed by atoms with Gasteiger partial charge < -0.3 is 11.1 Å². The number of nitrogens with two attached hydrogens (primary N) is 1. The number of halogens is 3. The topological polar surface area (TPSA) is 38.0 Å². The zero-order chi connectivity index (χ0) is 12.6. The van der Waals surface area contributed by atoms with Crippen LogP contribution in [0, 0.1) is 5.92 Å². The number of anilines is 2. The molecule has 1 fully saturated rings. The molecule has 94 valence electrons. The molecule has 2 rings (SSSR count). The molecule has 0 spiro atoms. The van der Waals surface area contributed by atoms with Crippen LogP contribution in [-0.4, -0.2) is 6.04 Å². The van der Waals surface area contributed by atoms with Gasteiger partial charge in [-0.2, -0.15) is 13.2 Å². The van der Waals surface area contributed by atoms with E-state index < -0.39 is 11.7 Å². The fraction of sp³-hybridized carbons (Fsp3) is 0.500. The molecule has 0 aromatic heterocycles. The molecular formula is C12H15F3N2. The Kier molecular flexibility index (Phi) is 2.93. The summed E-state index contributed by atoms with van der Waals surface area (Å²) in [5.41, 5.74) is 5.64. The molecule has 2 nitrogen and oxygen atoms in total. The van der Waals surface area contributed by atoms with Crippen molar-refractivity contribution in [1.29, 1.82) is 0 Å². The predicted molar refractivity (Wildman–Crippen MR) is 61.7 cm³/mol. The predicted octanol–water partition coefficient (Wildman–Crippen LogP) is 3.50. The fourth-order valence-corrected chi connectivity index (χ4v) is 1.83. The average molecular weight is 244 g/mol.